The third-order valence-corrected chi connectivity index (χ3v) is 12.2. The summed E-state index contributed by atoms with van der Waals surface area (Å²) in [6.07, 6.45) is 57.8. The first-order chi connectivity index (χ1) is 30.0. The van der Waals surface area contributed by atoms with Crippen molar-refractivity contribution < 1.29 is 24.5 Å². The Kier molecular flexibility index (Phi) is 47.6. The fourth-order valence-electron chi connectivity index (χ4n) is 8.11. The molecule has 0 aromatic rings. The number of hydrogen-bond donors (Lipinski definition) is 3. The van der Waals surface area contributed by atoms with Crippen molar-refractivity contribution in [2.75, 3.05) is 6.61 Å². The number of ether oxygens (including phenoxy) is 1. The van der Waals surface area contributed by atoms with Crippen molar-refractivity contribution in [1.82, 2.24) is 5.32 Å². The topological polar surface area (TPSA) is 95.9 Å². The average Bonchev–Trinajstić information content (AvgIpc) is 3.25. The molecular weight excluding hydrogens is 755 g/mol. The summed E-state index contributed by atoms with van der Waals surface area (Å²) in [6, 6.07) is -0.707. The molecule has 3 atom stereocenters. The van der Waals surface area contributed by atoms with Crippen molar-refractivity contribution in [2.24, 2.45) is 0 Å². The fourth-order valence-corrected chi connectivity index (χ4v) is 8.11. The van der Waals surface area contributed by atoms with Crippen LogP contribution in [0.25, 0.3) is 0 Å². The quantitative estimate of drug-likeness (QED) is 0.0322. The van der Waals surface area contributed by atoms with E-state index in [0.29, 0.717) is 19.3 Å². The summed E-state index contributed by atoms with van der Waals surface area (Å²) >= 11 is 0. The molecule has 3 unspecified atom stereocenters. The zero-order valence-corrected chi connectivity index (χ0v) is 40.8. The number of rotatable bonds is 48. The molecule has 0 aromatic carbocycles. The molecule has 6 heteroatoms. The molecule has 3 N–H and O–H groups in total. The van der Waals surface area contributed by atoms with Crippen molar-refractivity contribution in [3.05, 3.63) is 36.5 Å². The van der Waals surface area contributed by atoms with Gasteiger partial charge in [0.1, 0.15) is 6.10 Å². The number of allylic oxidation sites excluding steroid dienone is 6. The van der Waals surface area contributed by atoms with Gasteiger partial charge in [-0.3, -0.25) is 9.59 Å². The van der Waals surface area contributed by atoms with Crippen LogP contribution >= 0.6 is 0 Å². The Balaban J connectivity index is 4.52. The Hall–Kier alpha value is -1.92. The highest BCUT2D eigenvalue weighted by Gasteiger charge is 2.24. The average molecular weight is 858 g/mol. The number of aliphatic hydroxyl groups excluding tert-OH is 2. The van der Waals surface area contributed by atoms with E-state index < -0.39 is 18.2 Å². The van der Waals surface area contributed by atoms with E-state index in [0.717, 1.165) is 64.2 Å². The SMILES string of the molecule is CCCCC/C=C\C/C=C\CCCCCCCCCCCC(=O)OC(CCC/C=C\CCCCCCCCC)CC(=O)NC(CO)C(O)CCCCCCCCCCCCC. The Morgan fingerprint density at radius 3 is 1.33 bits per heavy atom. The van der Waals surface area contributed by atoms with Gasteiger partial charge in [0.25, 0.3) is 0 Å². The third-order valence-electron chi connectivity index (χ3n) is 12.2. The molecule has 0 aliphatic carbocycles. The lowest BCUT2D eigenvalue weighted by atomic mass is 10.0. The van der Waals surface area contributed by atoms with E-state index in [1.807, 2.05) is 0 Å². The van der Waals surface area contributed by atoms with E-state index in [1.165, 1.54) is 167 Å². The van der Waals surface area contributed by atoms with Gasteiger partial charge in [0.2, 0.25) is 5.91 Å². The molecule has 358 valence electrons. The lowest BCUT2D eigenvalue weighted by Gasteiger charge is -2.24. The zero-order valence-electron chi connectivity index (χ0n) is 40.8. The van der Waals surface area contributed by atoms with Crippen molar-refractivity contribution in [2.45, 2.75) is 296 Å². The monoisotopic (exact) mass is 858 g/mol. The van der Waals surface area contributed by atoms with E-state index in [4.69, 9.17) is 4.74 Å². The number of nitrogens with one attached hydrogen (secondary N) is 1. The van der Waals surface area contributed by atoms with Gasteiger partial charge in [-0.05, 0) is 77.0 Å². The number of amides is 1. The predicted molar refractivity (Wildman–Crippen MR) is 264 cm³/mol. The summed E-state index contributed by atoms with van der Waals surface area (Å²) in [5, 5.41) is 23.7. The highest BCUT2D eigenvalue weighted by Crippen LogP contribution is 2.17. The number of aliphatic hydroxyl groups is 2. The second-order valence-corrected chi connectivity index (χ2v) is 18.3. The Bertz CT molecular complexity index is 1010. The lowest BCUT2D eigenvalue weighted by Crippen LogP contribution is -2.46. The second-order valence-electron chi connectivity index (χ2n) is 18.3. The van der Waals surface area contributed by atoms with Gasteiger partial charge >= 0.3 is 5.97 Å². The summed E-state index contributed by atoms with van der Waals surface area (Å²) < 4.78 is 5.92. The van der Waals surface area contributed by atoms with Crippen LogP contribution in [0.5, 0.6) is 0 Å². The molecule has 0 aliphatic rings. The fraction of sp³-hybridized carbons (Fsp3) is 0.855. The van der Waals surface area contributed by atoms with Crippen molar-refractivity contribution in [3.63, 3.8) is 0 Å². The smallest absolute Gasteiger partial charge is 0.306 e. The molecule has 0 heterocycles. The van der Waals surface area contributed by atoms with Crippen LogP contribution in [0.15, 0.2) is 36.5 Å². The van der Waals surface area contributed by atoms with E-state index in [2.05, 4.69) is 62.5 Å². The van der Waals surface area contributed by atoms with Gasteiger partial charge in [-0.15, -0.1) is 0 Å². The summed E-state index contributed by atoms with van der Waals surface area (Å²) in [5.41, 5.74) is 0. The van der Waals surface area contributed by atoms with Crippen LogP contribution < -0.4 is 5.32 Å². The number of carbonyl (C=O) groups is 2. The minimum absolute atomic E-state index is 0.0575. The molecule has 0 rings (SSSR count). The van der Waals surface area contributed by atoms with Gasteiger partial charge in [-0.2, -0.15) is 0 Å². The van der Waals surface area contributed by atoms with Crippen LogP contribution in [0.3, 0.4) is 0 Å². The van der Waals surface area contributed by atoms with E-state index >= 15 is 0 Å². The molecule has 0 saturated heterocycles. The van der Waals surface area contributed by atoms with E-state index in [-0.39, 0.29) is 24.9 Å². The number of hydrogen-bond acceptors (Lipinski definition) is 5. The zero-order chi connectivity index (χ0) is 44.5. The molecule has 0 aromatic heterocycles. The van der Waals surface area contributed by atoms with Crippen LogP contribution in [-0.4, -0.2) is 46.9 Å². The second kappa shape index (κ2) is 49.1. The van der Waals surface area contributed by atoms with Gasteiger partial charge in [0, 0.05) is 6.42 Å². The summed E-state index contributed by atoms with van der Waals surface area (Å²) in [5.74, 6) is -0.499. The highest BCUT2D eigenvalue weighted by molar-refractivity contribution is 5.77. The predicted octanol–water partition coefficient (Wildman–Crippen LogP) is 16.1. The Labute approximate surface area is 379 Å². The van der Waals surface area contributed by atoms with Crippen LogP contribution in [0.2, 0.25) is 0 Å². The van der Waals surface area contributed by atoms with Gasteiger partial charge in [-0.1, -0.05) is 224 Å². The molecule has 1 amide bonds. The van der Waals surface area contributed by atoms with Crippen molar-refractivity contribution >= 4 is 11.9 Å². The van der Waals surface area contributed by atoms with Crippen LogP contribution in [0, 0.1) is 0 Å². The number of carbonyl (C=O) groups excluding carboxylic acids is 2. The van der Waals surface area contributed by atoms with E-state index in [1.54, 1.807) is 0 Å². The number of esters is 1. The molecule has 0 bridgehead atoms. The van der Waals surface area contributed by atoms with Crippen LogP contribution in [0.1, 0.15) is 278 Å². The molecule has 0 saturated carbocycles. The largest absolute Gasteiger partial charge is 0.462 e. The minimum atomic E-state index is -0.792. The van der Waals surface area contributed by atoms with Gasteiger partial charge in [0.05, 0.1) is 25.2 Å². The first-order valence-corrected chi connectivity index (χ1v) is 26.7. The maximum absolute atomic E-state index is 13.2. The summed E-state index contributed by atoms with van der Waals surface area (Å²) in [6.45, 7) is 6.45. The lowest BCUT2D eigenvalue weighted by molar-refractivity contribution is -0.151. The number of unbranched alkanes of at least 4 members (excludes halogenated alkanes) is 30. The minimum Gasteiger partial charge on any atom is -0.462 e. The van der Waals surface area contributed by atoms with Crippen molar-refractivity contribution in [1.29, 1.82) is 0 Å². The van der Waals surface area contributed by atoms with Crippen LogP contribution in [-0.2, 0) is 14.3 Å². The molecule has 0 spiro atoms. The normalized spacial score (nSPS) is 13.5. The summed E-state index contributed by atoms with van der Waals surface area (Å²) in [4.78, 5) is 26.1. The molecular formula is C55H103NO5. The molecule has 6 nitrogen and oxygen atoms in total. The maximum Gasteiger partial charge on any atom is 0.306 e. The Morgan fingerprint density at radius 1 is 0.475 bits per heavy atom. The Morgan fingerprint density at radius 2 is 0.852 bits per heavy atom. The standard InChI is InChI=1S/C55H103NO5/c1-4-7-10-13-16-19-22-24-25-26-27-28-29-30-33-36-39-42-45-48-55(60)61-51(46-43-40-37-34-32-23-20-17-14-11-8-5-2)49-54(59)56-52(50-57)53(58)47-44-41-38-35-31-21-18-15-12-9-6-3/h16,19,24-25,34,37,51-53,57-58H,4-15,17-18,20-23,26-33,35-36,38-50H2,1-3H3,(H,56,59)/b19-16-,25-24-,37-34-. The maximum atomic E-state index is 13.2. The van der Waals surface area contributed by atoms with Gasteiger partial charge in [0.15, 0.2) is 0 Å². The third kappa shape index (κ3) is 44.5. The molecule has 0 radical (unpaired) electrons. The van der Waals surface area contributed by atoms with Gasteiger partial charge in [-0.25, -0.2) is 0 Å². The summed E-state index contributed by atoms with van der Waals surface area (Å²) in [7, 11) is 0. The van der Waals surface area contributed by atoms with Crippen molar-refractivity contribution in [3.8, 4) is 0 Å². The van der Waals surface area contributed by atoms with Crippen LogP contribution in [0.4, 0.5) is 0 Å². The highest BCUT2D eigenvalue weighted by atomic mass is 16.5. The molecule has 0 fully saturated rings. The molecule has 0 aliphatic heterocycles. The van der Waals surface area contributed by atoms with E-state index in [9.17, 15) is 19.8 Å². The molecule has 61 heavy (non-hydrogen) atoms. The first kappa shape index (κ1) is 59.1. The first-order valence-electron chi connectivity index (χ1n) is 26.7. The van der Waals surface area contributed by atoms with Gasteiger partial charge < -0.3 is 20.3 Å².